The van der Waals surface area contributed by atoms with Crippen molar-refractivity contribution in [1.29, 1.82) is 0 Å². The Bertz CT molecular complexity index is 643. The van der Waals surface area contributed by atoms with Gasteiger partial charge in [-0.3, -0.25) is 0 Å². The Morgan fingerprint density at radius 3 is 2.83 bits per heavy atom. The van der Waals surface area contributed by atoms with Gasteiger partial charge < -0.3 is 15.2 Å². The van der Waals surface area contributed by atoms with Crippen LogP contribution in [0.3, 0.4) is 0 Å². The Kier molecular flexibility index (Phi) is 7.24. The molecule has 0 fully saturated rings. The summed E-state index contributed by atoms with van der Waals surface area (Å²) < 4.78 is 2.18. The van der Waals surface area contributed by atoms with E-state index in [1.165, 1.54) is 4.88 Å². The highest BCUT2D eigenvalue weighted by Gasteiger charge is 2.05. The summed E-state index contributed by atoms with van der Waals surface area (Å²) in [6, 6.07) is 0. The Morgan fingerprint density at radius 1 is 1.33 bits per heavy atom. The van der Waals surface area contributed by atoms with Gasteiger partial charge in [-0.05, 0) is 19.8 Å². The molecule has 0 aliphatic heterocycles. The number of hydrogen-bond acceptors (Lipinski definition) is 4. The first-order chi connectivity index (χ1) is 11.6. The lowest BCUT2D eigenvalue weighted by Crippen LogP contribution is -2.38. The first-order valence-electron chi connectivity index (χ1n) is 8.52. The van der Waals surface area contributed by atoms with Gasteiger partial charge in [-0.15, -0.1) is 11.3 Å². The molecule has 2 aromatic heterocycles. The molecule has 2 N–H and O–H groups in total. The van der Waals surface area contributed by atoms with Crippen LogP contribution < -0.4 is 10.6 Å². The normalized spacial score (nSPS) is 12.0. The van der Waals surface area contributed by atoms with Crippen LogP contribution in [0.2, 0.25) is 0 Å². The van der Waals surface area contributed by atoms with E-state index in [9.17, 15) is 0 Å². The number of nitrogens with zero attached hydrogens (tertiary/aromatic N) is 4. The van der Waals surface area contributed by atoms with Crippen LogP contribution in [0.4, 0.5) is 0 Å². The molecule has 0 amide bonds. The Morgan fingerprint density at radius 2 is 2.17 bits per heavy atom. The second-order valence-electron chi connectivity index (χ2n) is 6.13. The van der Waals surface area contributed by atoms with E-state index < -0.39 is 0 Å². The largest absolute Gasteiger partial charge is 0.357 e. The topological polar surface area (TPSA) is 67.1 Å². The molecule has 24 heavy (non-hydrogen) atoms. The van der Waals surface area contributed by atoms with Crippen molar-refractivity contribution in [3.63, 3.8) is 0 Å². The maximum absolute atomic E-state index is 4.65. The zero-order valence-corrected chi connectivity index (χ0v) is 15.9. The number of aromatic nitrogens is 3. The lowest BCUT2D eigenvalue weighted by atomic mass is 10.2. The standard InChI is InChI=1S/C17H28N6S/c1-5-18-17(20-7-6-16-21-10-14(4)24-16)22-11-15-19-8-9-23(15)12-13(2)3/h8-10,13H,5-7,11-12H2,1-4H3,(H2,18,20,22). The van der Waals surface area contributed by atoms with Crippen molar-refractivity contribution in [2.45, 2.75) is 47.2 Å². The Labute approximate surface area is 148 Å². The minimum atomic E-state index is 0.575. The van der Waals surface area contributed by atoms with Crippen LogP contribution in [0.25, 0.3) is 0 Å². The van der Waals surface area contributed by atoms with Gasteiger partial charge in [0.25, 0.3) is 0 Å². The third-order valence-corrected chi connectivity index (χ3v) is 4.36. The van der Waals surface area contributed by atoms with Gasteiger partial charge in [-0.2, -0.15) is 0 Å². The van der Waals surface area contributed by atoms with Gasteiger partial charge in [0, 0.05) is 49.5 Å². The number of rotatable bonds is 8. The predicted molar refractivity (Wildman–Crippen MR) is 100 cm³/mol. The van der Waals surface area contributed by atoms with Gasteiger partial charge >= 0.3 is 0 Å². The summed E-state index contributed by atoms with van der Waals surface area (Å²) in [6.45, 7) is 11.8. The quantitative estimate of drug-likeness (QED) is 0.568. The third-order valence-electron chi connectivity index (χ3n) is 3.39. The number of thiazole rings is 1. The summed E-state index contributed by atoms with van der Waals surface area (Å²) in [5.41, 5.74) is 0. The number of aryl methyl sites for hydroxylation is 1. The minimum absolute atomic E-state index is 0.575. The summed E-state index contributed by atoms with van der Waals surface area (Å²) in [4.78, 5) is 14.7. The minimum Gasteiger partial charge on any atom is -0.357 e. The van der Waals surface area contributed by atoms with Crippen molar-refractivity contribution in [3.8, 4) is 0 Å². The van der Waals surface area contributed by atoms with Crippen molar-refractivity contribution in [1.82, 2.24) is 25.2 Å². The van der Waals surface area contributed by atoms with Gasteiger partial charge in [0.1, 0.15) is 12.4 Å². The molecule has 6 nitrogen and oxygen atoms in total. The Balaban J connectivity index is 1.89. The van der Waals surface area contributed by atoms with Crippen molar-refractivity contribution in [2.75, 3.05) is 13.1 Å². The number of aliphatic imine (C=N–C) groups is 1. The summed E-state index contributed by atoms with van der Waals surface area (Å²) in [6.07, 6.45) is 6.70. The molecule has 132 valence electrons. The zero-order valence-electron chi connectivity index (χ0n) is 15.0. The van der Waals surface area contributed by atoms with Crippen LogP contribution in [-0.4, -0.2) is 33.6 Å². The van der Waals surface area contributed by atoms with E-state index in [4.69, 9.17) is 0 Å². The monoisotopic (exact) mass is 348 g/mol. The fourth-order valence-corrected chi connectivity index (χ4v) is 3.13. The maximum atomic E-state index is 4.65. The van der Waals surface area contributed by atoms with E-state index in [0.29, 0.717) is 12.5 Å². The molecular weight excluding hydrogens is 320 g/mol. The van der Waals surface area contributed by atoms with Crippen molar-refractivity contribution < 1.29 is 0 Å². The highest BCUT2D eigenvalue weighted by molar-refractivity contribution is 7.11. The molecule has 0 atom stereocenters. The van der Waals surface area contributed by atoms with E-state index in [2.05, 4.69) is 57.9 Å². The second-order valence-corrected chi connectivity index (χ2v) is 7.45. The molecule has 0 saturated carbocycles. The van der Waals surface area contributed by atoms with Crippen LogP contribution in [-0.2, 0) is 19.5 Å². The van der Waals surface area contributed by atoms with E-state index in [1.54, 1.807) is 11.3 Å². The van der Waals surface area contributed by atoms with Crippen molar-refractivity contribution in [3.05, 3.63) is 34.3 Å². The first-order valence-corrected chi connectivity index (χ1v) is 9.33. The number of guanidine groups is 1. The molecule has 0 unspecified atom stereocenters. The van der Waals surface area contributed by atoms with Crippen LogP contribution in [0.15, 0.2) is 23.6 Å². The fraction of sp³-hybridized carbons (Fsp3) is 0.588. The van der Waals surface area contributed by atoms with E-state index >= 15 is 0 Å². The second kappa shape index (κ2) is 9.42. The van der Waals surface area contributed by atoms with E-state index in [0.717, 1.165) is 42.8 Å². The SMILES string of the molecule is CCNC(=NCc1nccn1CC(C)C)NCCc1ncc(C)s1. The lowest BCUT2D eigenvalue weighted by molar-refractivity contribution is 0.507. The molecular formula is C17H28N6S. The molecule has 0 aliphatic carbocycles. The molecule has 2 heterocycles. The van der Waals surface area contributed by atoms with Gasteiger partial charge in [0.05, 0.1) is 5.01 Å². The molecule has 0 spiro atoms. The number of nitrogens with one attached hydrogen (secondary N) is 2. The maximum Gasteiger partial charge on any atom is 0.191 e. The van der Waals surface area contributed by atoms with E-state index in [-0.39, 0.29) is 0 Å². The highest BCUT2D eigenvalue weighted by Crippen LogP contribution is 2.11. The van der Waals surface area contributed by atoms with Crippen LogP contribution >= 0.6 is 11.3 Å². The summed E-state index contributed by atoms with van der Waals surface area (Å²) in [5, 5.41) is 7.81. The number of hydrogen-bond donors (Lipinski definition) is 2. The molecule has 2 aromatic rings. The molecule has 2 rings (SSSR count). The smallest absolute Gasteiger partial charge is 0.191 e. The Hall–Kier alpha value is -1.89. The summed E-state index contributed by atoms with van der Waals surface area (Å²) >= 11 is 1.75. The average Bonchev–Trinajstić information content (AvgIpc) is 3.13. The number of imidazole rings is 1. The van der Waals surface area contributed by atoms with Crippen LogP contribution in [0, 0.1) is 12.8 Å². The molecule has 0 bridgehead atoms. The van der Waals surface area contributed by atoms with Crippen molar-refractivity contribution in [2.24, 2.45) is 10.9 Å². The molecule has 7 heteroatoms. The first kappa shape index (κ1) is 18.4. The summed E-state index contributed by atoms with van der Waals surface area (Å²) in [7, 11) is 0. The van der Waals surface area contributed by atoms with E-state index in [1.807, 2.05) is 18.6 Å². The molecule has 0 aromatic carbocycles. The molecule has 0 radical (unpaired) electrons. The van der Waals surface area contributed by atoms with Gasteiger partial charge in [-0.25, -0.2) is 15.0 Å². The molecule has 0 saturated heterocycles. The summed E-state index contributed by atoms with van der Waals surface area (Å²) in [5.74, 6) is 2.41. The zero-order chi connectivity index (χ0) is 17.4. The molecule has 0 aliphatic rings. The van der Waals surface area contributed by atoms with Crippen molar-refractivity contribution >= 4 is 17.3 Å². The fourth-order valence-electron chi connectivity index (χ4n) is 2.35. The van der Waals surface area contributed by atoms with Gasteiger partial charge in [0.2, 0.25) is 0 Å². The third kappa shape index (κ3) is 5.96. The van der Waals surface area contributed by atoms with Gasteiger partial charge in [-0.1, -0.05) is 13.8 Å². The van der Waals surface area contributed by atoms with Crippen LogP contribution in [0.5, 0.6) is 0 Å². The lowest BCUT2D eigenvalue weighted by Gasteiger charge is -2.12. The highest BCUT2D eigenvalue weighted by atomic mass is 32.1. The average molecular weight is 349 g/mol. The predicted octanol–water partition coefficient (Wildman–Crippen LogP) is 2.60. The van der Waals surface area contributed by atoms with Gasteiger partial charge in [0.15, 0.2) is 5.96 Å². The van der Waals surface area contributed by atoms with Crippen LogP contribution in [0.1, 0.15) is 36.5 Å².